The van der Waals surface area contributed by atoms with Gasteiger partial charge in [0.2, 0.25) is 5.91 Å². The summed E-state index contributed by atoms with van der Waals surface area (Å²) < 4.78 is 0. The highest BCUT2D eigenvalue weighted by atomic mass is 16.4. The van der Waals surface area contributed by atoms with Crippen LogP contribution in [0.1, 0.15) is 38.7 Å². The van der Waals surface area contributed by atoms with Crippen LogP contribution in [0.25, 0.3) is 0 Å². The van der Waals surface area contributed by atoms with E-state index in [0.717, 1.165) is 5.56 Å². The zero-order chi connectivity index (χ0) is 14.4. The van der Waals surface area contributed by atoms with Gasteiger partial charge in [0.25, 0.3) is 0 Å². The minimum absolute atomic E-state index is 0.112. The van der Waals surface area contributed by atoms with Crippen molar-refractivity contribution in [3.63, 3.8) is 0 Å². The first kappa shape index (κ1) is 15.2. The molecular weight excluding hydrogens is 242 g/mol. The summed E-state index contributed by atoms with van der Waals surface area (Å²) in [4.78, 5) is 23.0. The van der Waals surface area contributed by atoms with Gasteiger partial charge in [-0.15, -0.1) is 0 Å². The van der Waals surface area contributed by atoms with Crippen LogP contribution in [0, 0.1) is 5.92 Å². The predicted molar refractivity (Wildman–Crippen MR) is 73.9 cm³/mol. The summed E-state index contributed by atoms with van der Waals surface area (Å²) >= 11 is 0. The summed E-state index contributed by atoms with van der Waals surface area (Å²) in [5.74, 6) is -1.37. The lowest BCUT2D eigenvalue weighted by Gasteiger charge is -2.28. The summed E-state index contributed by atoms with van der Waals surface area (Å²) in [7, 11) is 0. The number of carbonyl (C=O) groups excluding carboxylic acids is 1. The van der Waals surface area contributed by atoms with Gasteiger partial charge >= 0.3 is 5.97 Å². The van der Waals surface area contributed by atoms with Gasteiger partial charge in [0.15, 0.2) is 0 Å². The fourth-order valence-electron chi connectivity index (χ4n) is 2.22. The van der Waals surface area contributed by atoms with Crippen molar-refractivity contribution in [1.82, 2.24) is 5.32 Å². The zero-order valence-electron chi connectivity index (χ0n) is 11.6. The van der Waals surface area contributed by atoms with Crippen LogP contribution in [0.3, 0.4) is 0 Å². The van der Waals surface area contributed by atoms with Gasteiger partial charge in [-0.2, -0.15) is 0 Å². The van der Waals surface area contributed by atoms with E-state index in [0.29, 0.717) is 0 Å². The van der Waals surface area contributed by atoms with Gasteiger partial charge in [-0.3, -0.25) is 4.79 Å². The Kier molecular flexibility index (Phi) is 5.55. The summed E-state index contributed by atoms with van der Waals surface area (Å²) in [5, 5.41) is 12.0. The van der Waals surface area contributed by atoms with Gasteiger partial charge in [0.1, 0.15) is 6.04 Å². The SMILES string of the molecule is CCC(=O)NC(C(=O)O)C(c1ccccc1)C(C)C. The number of aliphatic carboxylic acids is 1. The van der Waals surface area contributed by atoms with E-state index in [-0.39, 0.29) is 24.2 Å². The normalized spacial score (nSPS) is 13.9. The fraction of sp³-hybridized carbons (Fsp3) is 0.467. The zero-order valence-corrected chi connectivity index (χ0v) is 11.6. The predicted octanol–water partition coefficient (Wildman–Crippen LogP) is 2.41. The number of hydrogen-bond donors (Lipinski definition) is 2. The highest BCUT2D eigenvalue weighted by Gasteiger charge is 2.32. The van der Waals surface area contributed by atoms with Crippen LogP contribution < -0.4 is 5.32 Å². The van der Waals surface area contributed by atoms with Gasteiger partial charge in [0, 0.05) is 12.3 Å². The van der Waals surface area contributed by atoms with Gasteiger partial charge < -0.3 is 10.4 Å². The second kappa shape index (κ2) is 6.92. The van der Waals surface area contributed by atoms with Crippen LogP contribution in [0.2, 0.25) is 0 Å². The lowest BCUT2D eigenvalue weighted by molar-refractivity contribution is -0.142. The van der Waals surface area contributed by atoms with E-state index in [1.54, 1.807) is 6.92 Å². The number of carbonyl (C=O) groups is 2. The molecule has 4 heteroatoms. The van der Waals surface area contributed by atoms with Crippen molar-refractivity contribution in [2.75, 3.05) is 0 Å². The van der Waals surface area contributed by atoms with Crippen molar-refractivity contribution < 1.29 is 14.7 Å². The molecule has 104 valence electrons. The maximum Gasteiger partial charge on any atom is 0.326 e. The van der Waals surface area contributed by atoms with Crippen LogP contribution in [-0.4, -0.2) is 23.0 Å². The minimum Gasteiger partial charge on any atom is -0.480 e. The van der Waals surface area contributed by atoms with Crippen LogP contribution in [0.4, 0.5) is 0 Å². The largest absolute Gasteiger partial charge is 0.480 e. The molecule has 1 aromatic carbocycles. The molecule has 0 bridgehead atoms. The van der Waals surface area contributed by atoms with Gasteiger partial charge in [-0.1, -0.05) is 51.1 Å². The van der Waals surface area contributed by atoms with E-state index in [9.17, 15) is 14.7 Å². The third kappa shape index (κ3) is 4.09. The Labute approximate surface area is 113 Å². The fourth-order valence-corrected chi connectivity index (χ4v) is 2.22. The van der Waals surface area contributed by atoms with Crippen molar-refractivity contribution >= 4 is 11.9 Å². The van der Waals surface area contributed by atoms with Crippen LogP contribution in [-0.2, 0) is 9.59 Å². The molecule has 0 saturated heterocycles. The molecule has 0 aromatic heterocycles. The third-order valence-electron chi connectivity index (χ3n) is 3.17. The van der Waals surface area contributed by atoms with E-state index in [4.69, 9.17) is 0 Å². The number of rotatable bonds is 6. The van der Waals surface area contributed by atoms with Crippen LogP contribution in [0.5, 0.6) is 0 Å². The lowest BCUT2D eigenvalue weighted by Crippen LogP contribution is -2.46. The molecule has 4 nitrogen and oxygen atoms in total. The Hall–Kier alpha value is -1.84. The van der Waals surface area contributed by atoms with Crippen LogP contribution >= 0.6 is 0 Å². The second-order valence-corrected chi connectivity index (χ2v) is 4.92. The highest BCUT2D eigenvalue weighted by molar-refractivity contribution is 5.84. The van der Waals surface area contributed by atoms with E-state index < -0.39 is 12.0 Å². The number of nitrogens with one attached hydrogen (secondary N) is 1. The van der Waals surface area contributed by atoms with E-state index in [1.807, 2.05) is 44.2 Å². The summed E-state index contributed by atoms with van der Waals surface area (Å²) in [6.07, 6.45) is 0.281. The molecule has 19 heavy (non-hydrogen) atoms. The standard InChI is InChI=1S/C15H21NO3/c1-4-12(17)16-14(15(18)19)13(10(2)3)11-8-6-5-7-9-11/h5-10,13-14H,4H2,1-3H3,(H,16,17)(H,18,19). The molecule has 0 fully saturated rings. The molecule has 0 aliphatic rings. The van der Waals surface area contributed by atoms with Gasteiger partial charge in [-0.05, 0) is 11.5 Å². The second-order valence-electron chi connectivity index (χ2n) is 4.92. The van der Waals surface area contributed by atoms with E-state index >= 15 is 0 Å². The first-order valence-electron chi connectivity index (χ1n) is 6.54. The monoisotopic (exact) mass is 263 g/mol. The van der Waals surface area contributed by atoms with Crippen molar-refractivity contribution in [3.8, 4) is 0 Å². The van der Waals surface area contributed by atoms with Crippen LogP contribution in [0.15, 0.2) is 30.3 Å². The Morgan fingerprint density at radius 2 is 1.79 bits per heavy atom. The Morgan fingerprint density at radius 1 is 1.21 bits per heavy atom. The van der Waals surface area contributed by atoms with E-state index in [1.165, 1.54) is 0 Å². The molecule has 0 aliphatic heterocycles. The number of carboxylic acid groups (broad SMARTS) is 1. The van der Waals surface area contributed by atoms with Crippen molar-refractivity contribution in [3.05, 3.63) is 35.9 Å². The maximum absolute atomic E-state index is 11.5. The molecule has 2 unspecified atom stereocenters. The molecule has 0 spiro atoms. The average molecular weight is 263 g/mol. The Morgan fingerprint density at radius 3 is 2.21 bits per heavy atom. The van der Waals surface area contributed by atoms with Crippen molar-refractivity contribution in [1.29, 1.82) is 0 Å². The molecule has 0 radical (unpaired) electrons. The molecule has 1 amide bonds. The number of carboxylic acids is 1. The summed E-state index contributed by atoms with van der Waals surface area (Å²) in [6, 6.07) is 8.56. The Balaban J connectivity index is 3.07. The molecule has 2 N–H and O–H groups in total. The highest BCUT2D eigenvalue weighted by Crippen LogP contribution is 2.28. The minimum atomic E-state index is -0.996. The van der Waals surface area contributed by atoms with Gasteiger partial charge in [-0.25, -0.2) is 4.79 Å². The van der Waals surface area contributed by atoms with Gasteiger partial charge in [0.05, 0.1) is 0 Å². The van der Waals surface area contributed by atoms with E-state index in [2.05, 4.69) is 5.32 Å². The quantitative estimate of drug-likeness (QED) is 0.828. The number of amides is 1. The average Bonchev–Trinajstić information content (AvgIpc) is 2.38. The smallest absolute Gasteiger partial charge is 0.326 e. The number of benzene rings is 1. The molecule has 0 saturated carbocycles. The maximum atomic E-state index is 11.5. The molecule has 2 atom stereocenters. The number of hydrogen-bond acceptors (Lipinski definition) is 2. The summed E-state index contributed by atoms with van der Waals surface area (Å²) in [6.45, 7) is 5.64. The molecule has 1 aromatic rings. The first-order chi connectivity index (χ1) is 8.97. The van der Waals surface area contributed by atoms with Crippen molar-refractivity contribution in [2.45, 2.75) is 39.2 Å². The first-order valence-corrected chi connectivity index (χ1v) is 6.54. The topological polar surface area (TPSA) is 66.4 Å². The molecule has 0 aliphatic carbocycles. The van der Waals surface area contributed by atoms with Crippen molar-refractivity contribution in [2.24, 2.45) is 5.92 Å². The molecule has 0 heterocycles. The Bertz CT molecular complexity index is 428. The third-order valence-corrected chi connectivity index (χ3v) is 3.17. The lowest BCUT2D eigenvalue weighted by atomic mass is 9.82. The molecular formula is C15H21NO3. The molecule has 1 rings (SSSR count). The summed E-state index contributed by atoms with van der Waals surface area (Å²) in [5.41, 5.74) is 0.932.